The molecule has 0 amide bonds. The summed E-state index contributed by atoms with van der Waals surface area (Å²) < 4.78 is 5.54. The Kier molecular flexibility index (Phi) is 4.98. The van der Waals surface area contributed by atoms with Crippen molar-refractivity contribution in [2.75, 3.05) is 25.1 Å². The zero-order valence-corrected chi connectivity index (χ0v) is 13.5. The zero-order chi connectivity index (χ0) is 16.1. The van der Waals surface area contributed by atoms with Crippen LogP contribution in [0.1, 0.15) is 24.6 Å². The molecule has 1 aliphatic carbocycles. The number of aromatic nitrogens is 3. The molecular formula is C18H22N4O. The summed E-state index contributed by atoms with van der Waals surface area (Å²) in [7, 11) is 0. The van der Waals surface area contributed by atoms with Gasteiger partial charge >= 0.3 is 0 Å². The van der Waals surface area contributed by atoms with Gasteiger partial charge in [-0.2, -0.15) is 0 Å². The number of nitrogens with one attached hydrogen (secondary N) is 1. The van der Waals surface area contributed by atoms with Gasteiger partial charge in [-0.15, -0.1) is 0 Å². The molecule has 23 heavy (non-hydrogen) atoms. The fourth-order valence-corrected chi connectivity index (χ4v) is 2.70. The van der Waals surface area contributed by atoms with E-state index in [0.717, 1.165) is 54.3 Å². The SMILES string of the molecule is C=C(C)COCCNc1nc(-c2ccncc2)nc2c1CCC2. The highest BCUT2D eigenvalue weighted by molar-refractivity contribution is 5.60. The molecule has 0 spiro atoms. The lowest BCUT2D eigenvalue weighted by molar-refractivity contribution is 0.167. The van der Waals surface area contributed by atoms with Gasteiger partial charge in [0.05, 0.1) is 13.2 Å². The molecule has 0 aromatic carbocycles. The molecule has 0 saturated heterocycles. The van der Waals surface area contributed by atoms with Gasteiger partial charge in [-0.25, -0.2) is 9.97 Å². The number of anilines is 1. The maximum Gasteiger partial charge on any atom is 0.161 e. The standard InChI is InChI=1S/C18H22N4O/c1-13(2)12-23-11-10-20-18-15-4-3-5-16(15)21-17(22-18)14-6-8-19-9-7-14/h6-9H,1,3-5,10-12H2,2H3,(H,20,21,22). The van der Waals surface area contributed by atoms with Crippen LogP contribution in [-0.4, -0.2) is 34.7 Å². The number of hydrogen-bond acceptors (Lipinski definition) is 5. The first-order valence-corrected chi connectivity index (χ1v) is 8.00. The third kappa shape index (κ3) is 3.93. The van der Waals surface area contributed by atoms with E-state index in [9.17, 15) is 0 Å². The second-order valence-corrected chi connectivity index (χ2v) is 5.85. The summed E-state index contributed by atoms with van der Waals surface area (Å²) in [4.78, 5) is 13.5. The largest absolute Gasteiger partial charge is 0.375 e. The molecule has 1 aliphatic rings. The summed E-state index contributed by atoms with van der Waals surface area (Å²) in [6, 6.07) is 3.88. The highest BCUT2D eigenvalue weighted by Crippen LogP contribution is 2.28. The average molecular weight is 310 g/mol. The Morgan fingerprint density at radius 2 is 2.09 bits per heavy atom. The van der Waals surface area contributed by atoms with E-state index in [0.29, 0.717) is 13.2 Å². The first-order chi connectivity index (χ1) is 11.2. The third-order valence-corrected chi connectivity index (χ3v) is 3.76. The first-order valence-electron chi connectivity index (χ1n) is 8.00. The third-order valence-electron chi connectivity index (χ3n) is 3.76. The fourth-order valence-electron chi connectivity index (χ4n) is 2.70. The molecule has 5 nitrogen and oxygen atoms in total. The Labute approximate surface area is 136 Å². The van der Waals surface area contributed by atoms with Crippen LogP contribution in [0.25, 0.3) is 11.4 Å². The number of ether oxygens (including phenoxy) is 1. The summed E-state index contributed by atoms with van der Waals surface area (Å²) in [6.07, 6.45) is 6.75. The Balaban J connectivity index is 1.74. The minimum absolute atomic E-state index is 0.603. The lowest BCUT2D eigenvalue weighted by Crippen LogP contribution is -2.13. The van der Waals surface area contributed by atoms with Crippen LogP contribution >= 0.6 is 0 Å². The molecule has 0 radical (unpaired) electrons. The topological polar surface area (TPSA) is 59.9 Å². The van der Waals surface area contributed by atoms with Crippen LogP contribution in [0.15, 0.2) is 36.7 Å². The molecule has 5 heteroatoms. The number of hydrogen-bond donors (Lipinski definition) is 1. The molecule has 0 atom stereocenters. The molecule has 0 fully saturated rings. The molecule has 1 N–H and O–H groups in total. The molecule has 0 bridgehead atoms. The summed E-state index contributed by atoms with van der Waals surface area (Å²) >= 11 is 0. The molecule has 3 rings (SSSR count). The average Bonchev–Trinajstić information content (AvgIpc) is 3.03. The van der Waals surface area contributed by atoms with Crippen LogP contribution in [0.3, 0.4) is 0 Å². The number of nitrogens with zero attached hydrogens (tertiary/aromatic N) is 3. The normalized spacial score (nSPS) is 12.9. The first kappa shape index (κ1) is 15.6. The van der Waals surface area contributed by atoms with Crippen LogP contribution < -0.4 is 5.32 Å². The lowest BCUT2D eigenvalue weighted by Gasteiger charge is -2.12. The van der Waals surface area contributed by atoms with Crippen molar-refractivity contribution in [3.05, 3.63) is 47.9 Å². The van der Waals surface area contributed by atoms with Crippen molar-refractivity contribution in [3.63, 3.8) is 0 Å². The van der Waals surface area contributed by atoms with Gasteiger partial charge < -0.3 is 10.1 Å². The molecule has 120 valence electrons. The van der Waals surface area contributed by atoms with Gasteiger partial charge in [-0.3, -0.25) is 4.98 Å². The molecule has 0 unspecified atom stereocenters. The predicted octanol–water partition coefficient (Wildman–Crippen LogP) is 3.03. The van der Waals surface area contributed by atoms with Crippen molar-refractivity contribution >= 4 is 5.82 Å². The lowest BCUT2D eigenvalue weighted by atomic mass is 10.2. The van der Waals surface area contributed by atoms with E-state index < -0.39 is 0 Å². The highest BCUT2D eigenvalue weighted by atomic mass is 16.5. The Hall–Kier alpha value is -2.27. The number of rotatable bonds is 7. The monoisotopic (exact) mass is 310 g/mol. The second-order valence-electron chi connectivity index (χ2n) is 5.85. The van der Waals surface area contributed by atoms with Gasteiger partial charge in [0.15, 0.2) is 5.82 Å². The maximum atomic E-state index is 5.54. The van der Waals surface area contributed by atoms with E-state index in [1.807, 2.05) is 19.1 Å². The van der Waals surface area contributed by atoms with Crippen molar-refractivity contribution in [2.45, 2.75) is 26.2 Å². The van der Waals surface area contributed by atoms with Gasteiger partial charge in [0.2, 0.25) is 0 Å². The zero-order valence-electron chi connectivity index (χ0n) is 13.5. The summed E-state index contributed by atoms with van der Waals surface area (Å²) in [5, 5.41) is 3.41. The van der Waals surface area contributed by atoms with E-state index >= 15 is 0 Å². The van der Waals surface area contributed by atoms with Gasteiger partial charge in [0, 0.05) is 35.8 Å². The molecule has 2 aromatic rings. The molecule has 0 saturated carbocycles. The molecular weight excluding hydrogens is 288 g/mol. The highest BCUT2D eigenvalue weighted by Gasteiger charge is 2.19. The number of aryl methyl sites for hydroxylation is 1. The van der Waals surface area contributed by atoms with Gasteiger partial charge in [0.1, 0.15) is 5.82 Å². The van der Waals surface area contributed by atoms with Crippen LogP contribution in [0.4, 0.5) is 5.82 Å². The molecule has 2 aromatic heterocycles. The van der Waals surface area contributed by atoms with Crippen molar-refractivity contribution in [3.8, 4) is 11.4 Å². The van der Waals surface area contributed by atoms with E-state index in [4.69, 9.17) is 14.7 Å². The minimum atomic E-state index is 0.603. The summed E-state index contributed by atoms with van der Waals surface area (Å²) in [6.45, 7) is 7.76. The number of fused-ring (bicyclic) bond motifs is 1. The van der Waals surface area contributed by atoms with Gasteiger partial charge in [-0.05, 0) is 38.3 Å². The van der Waals surface area contributed by atoms with Gasteiger partial charge in [-0.1, -0.05) is 12.2 Å². The van der Waals surface area contributed by atoms with E-state index in [-0.39, 0.29) is 0 Å². The van der Waals surface area contributed by atoms with Crippen LogP contribution in [0, 0.1) is 0 Å². The fraction of sp³-hybridized carbons (Fsp3) is 0.389. The Bertz CT molecular complexity index is 685. The summed E-state index contributed by atoms with van der Waals surface area (Å²) in [5.74, 6) is 1.71. The van der Waals surface area contributed by atoms with Crippen molar-refractivity contribution < 1.29 is 4.74 Å². The smallest absolute Gasteiger partial charge is 0.161 e. The second kappa shape index (κ2) is 7.33. The van der Waals surface area contributed by atoms with Crippen molar-refractivity contribution in [2.24, 2.45) is 0 Å². The number of pyridine rings is 1. The van der Waals surface area contributed by atoms with Gasteiger partial charge in [0.25, 0.3) is 0 Å². The Morgan fingerprint density at radius 1 is 1.26 bits per heavy atom. The van der Waals surface area contributed by atoms with Crippen LogP contribution in [0.5, 0.6) is 0 Å². The quantitative estimate of drug-likeness (QED) is 0.629. The van der Waals surface area contributed by atoms with Crippen LogP contribution in [0.2, 0.25) is 0 Å². The minimum Gasteiger partial charge on any atom is -0.375 e. The predicted molar refractivity (Wildman–Crippen MR) is 91.4 cm³/mol. The maximum absolute atomic E-state index is 5.54. The van der Waals surface area contributed by atoms with Crippen LogP contribution in [-0.2, 0) is 17.6 Å². The van der Waals surface area contributed by atoms with E-state index in [1.165, 1.54) is 5.56 Å². The van der Waals surface area contributed by atoms with Crippen molar-refractivity contribution in [1.82, 2.24) is 15.0 Å². The molecule has 2 heterocycles. The molecule has 0 aliphatic heterocycles. The Morgan fingerprint density at radius 3 is 2.87 bits per heavy atom. The van der Waals surface area contributed by atoms with Crippen molar-refractivity contribution in [1.29, 1.82) is 0 Å². The van der Waals surface area contributed by atoms with E-state index in [1.54, 1.807) is 12.4 Å². The van der Waals surface area contributed by atoms with E-state index in [2.05, 4.69) is 16.9 Å². The summed E-state index contributed by atoms with van der Waals surface area (Å²) in [5.41, 5.74) is 4.45.